The molecule has 5 rings (SSSR count). The first kappa shape index (κ1) is 26.5. The van der Waals surface area contributed by atoms with Gasteiger partial charge in [-0.15, -0.1) is 0 Å². The molecule has 1 aromatic heterocycles. The molecule has 3 aromatic rings. The van der Waals surface area contributed by atoms with Crippen LogP contribution in [0.3, 0.4) is 0 Å². The van der Waals surface area contributed by atoms with E-state index in [4.69, 9.17) is 23.2 Å². The van der Waals surface area contributed by atoms with Crippen LogP contribution in [-0.4, -0.2) is 57.4 Å². The van der Waals surface area contributed by atoms with Crippen molar-refractivity contribution in [2.24, 2.45) is 5.92 Å². The molecule has 2 aliphatic rings. The molecule has 1 fully saturated rings. The van der Waals surface area contributed by atoms with Gasteiger partial charge in [0.15, 0.2) is 0 Å². The van der Waals surface area contributed by atoms with Crippen LogP contribution in [0, 0.1) is 17.2 Å². The van der Waals surface area contributed by atoms with E-state index in [1.165, 1.54) is 4.90 Å². The molecule has 4 atom stereocenters. The minimum absolute atomic E-state index is 0.103. The third-order valence-electron chi connectivity index (χ3n) is 7.76. The van der Waals surface area contributed by atoms with E-state index in [-0.39, 0.29) is 30.7 Å². The summed E-state index contributed by atoms with van der Waals surface area (Å²) in [5, 5.41) is 25.7. The fourth-order valence-electron chi connectivity index (χ4n) is 5.76. The zero-order valence-corrected chi connectivity index (χ0v) is 22.8. The van der Waals surface area contributed by atoms with E-state index in [2.05, 4.69) is 16.4 Å². The molecule has 3 N–H and O–H groups in total. The maximum Gasteiger partial charge on any atom is 0.241 e. The topological polar surface area (TPSA) is 112 Å². The van der Waals surface area contributed by atoms with Gasteiger partial charge in [-0.1, -0.05) is 55.2 Å². The van der Waals surface area contributed by atoms with Gasteiger partial charge >= 0.3 is 0 Å². The van der Waals surface area contributed by atoms with E-state index in [1.54, 1.807) is 30.1 Å². The predicted octanol–water partition coefficient (Wildman–Crippen LogP) is 4.83. The molecule has 198 valence electrons. The minimum Gasteiger partial charge on any atom is -0.373 e. The maximum atomic E-state index is 14.1. The number of amides is 2. The number of halogens is 2. The summed E-state index contributed by atoms with van der Waals surface area (Å²) in [4.78, 5) is 33.5. The smallest absolute Gasteiger partial charge is 0.241 e. The first-order valence-corrected chi connectivity index (χ1v) is 13.3. The number of aromatic amines is 1. The van der Waals surface area contributed by atoms with Crippen molar-refractivity contribution in [2.75, 3.05) is 18.9 Å². The average Bonchev–Trinajstić information content (AvgIpc) is 3.58. The lowest BCUT2D eigenvalue weighted by Crippen LogP contribution is -2.51. The molecular weight excluding hydrogens is 525 g/mol. The van der Waals surface area contributed by atoms with Crippen molar-refractivity contribution >= 4 is 51.6 Å². The number of nitrogens with zero attached hydrogens (tertiary/aromatic N) is 3. The van der Waals surface area contributed by atoms with E-state index in [0.29, 0.717) is 38.8 Å². The number of H-pyrrole nitrogens is 1. The molecule has 0 bridgehead atoms. The van der Waals surface area contributed by atoms with Crippen LogP contribution in [0.25, 0.3) is 10.9 Å². The van der Waals surface area contributed by atoms with Gasteiger partial charge in [0.05, 0.1) is 33.3 Å². The number of likely N-dealkylation sites (N-methyl/N-ethyl adjacent to an activating group) is 1. The van der Waals surface area contributed by atoms with Gasteiger partial charge in [-0.05, 0) is 49.2 Å². The Bertz CT molecular complexity index is 1460. The molecule has 0 aliphatic carbocycles. The Balaban J connectivity index is 1.46. The molecule has 1 saturated heterocycles. The van der Waals surface area contributed by atoms with Crippen LogP contribution >= 0.6 is 23.2 Å². The standard InChI is InChI=1S/C28H29Cl2N5O3/c1-15(2)10-23(34(3)25(36)22-11-17-20(32-22)9-8-19(29)24(17)30)26(37)35-14-28(12-16(35)13-31)18-6-4-5-7-21(18)33-27(28)38/h4-9,11,15-16,23,25,32,36H,10,12,14H2,1-3H3,(H,33,38)/t16-,23-,25?,28-/m0/s1. The number of nitriles is 1. The quantitative estimate of drug-likeness (QED) is 0.378. The molecule has 38 heavy (non-hydrogen) atoms. The van der Waals surface area contributed by atoms with E-state index in [1.807, 2.05) is 38.1 Å². The van der Waals surface area contributed by atoms with Crippen molar-refractivity contribution in [3.8, 4) is 6.07 Å². The zero-order chi connectivity index (χ0) is 27.4. The van der Waals surface area contributed by atoms with Crippen LogP contribution in [0.15, 0.2) is 42.5 Å². The molecule has 2 amide bonds. The van der Waals surface area contributed by atoms with Crippen molar-refractivity contribution in [2.45, 2.75) is 50.4 Å². The van der Waals surface area contributed by atoms with E-state index in [9.17, 15) is 20.0 Å². The molecule has 1 spiro atoms. The zero-order valence-electron chi connectivity index (χ0n) is 21.3. The number of hydrogen-bond acceptors (Lipinski definition) is 5. The van der Waals surface area contributed by atoms with Gasteiger partial charge in [0.25, 0.3) is 0 Å². The summed E-state index contributed by atoms with van der Waals surface area (Å²) in [6.07, 6.45) is -0.485. The van der Waals surface area contributed by atoms with Gasteiger partial charge in [-0.25, -0.2) is 0 Å². The number of rotatable bonds is 6. The highest BCUT2D eigenvalue weighted by Gasteiger charge is 2.56. The number of aromatic nitrogens is 1. The Morgan fingerprint density at radius 3 is 2.74 bits per heavy atom. The fourth-order valence-corrected chi connectivity index (χ4v) is 6.14. The predicted molar refractivity (Wildman–Crippen MR) is 147 cm³/mol. The number of aliphatic hydroxyl groups excluding tert-OH is 1. The maximum absolute atomic E-state index is 14.1. The van der Waals surface area contributed by atoms with Gasteiger partial charge in [-0.2, -0.15) is 5.26 Å². The number of likely N-dealkylation sites (tertiary alicyclic amines) is 1. The Kier molecular flexibility index (Phi) is 6.91. The highest BCUT2D eigenvalue weighted by Crippen LogP contribution is 2.46. The third-order valence-corrected chi connectivity index (χ3v) is 8.58. The van der Waals surface area contributed by atoms with Crippen LogP contribution in [0.5, 0.6) is 0 Å². The van der Waals surface area contributed by atoms with Gasteiger partial charge in [-0.3, -0.25) is 14.5 Å². The molecule has 3 heterocycles. The summed E-state index contributed by atoms with van der Waals surface area (Å²) >= 11 is 12.5. The van der Waals surface area contributed by atoms with E-state index in [0.717, 1.165) is 5.56 Å². The molecule has 0 radical (unpaired) electrons. The number of anilines is 1. The third kappa shape index (κ3) is 4.24. The number of hydrogen-bond donors (Lipinski definition) is 3. The normalized spacial score (nSPS) is 22.2. The van der Waals surface area contributed by atoms with Crippen molar-refractivity contribution < 1.29 is 14.7 Å². The number of aliphatic hydroxyl groups is 1. The molecule has 10 heteroatoms. The summed E-state index contributed by atoms with van der Waals surface area (Å²) in [7, 11) is 1.68. The molecule has 0 saturated carbocycles. The molecule has 2 aliphatic heterocycles. The summed E-state index contributed by atoms with van der Waals surface area (Å²) in [5.41, 5.74) is 1.73. The first-order chi connectivity index (χ1) is 18.1. The number of para-hydroxylation sites is 1. The SMILES string of the molecule is CC(C)C[C@@H](C(=O)N1C[C@]2(C[C@H]1C#N)C(=O)Nc1ccccc12)N(C)C(O)c1cc2c(Cl)c(Cl)ccc2[nH]1. The van der Waals surface area contributed by atoms with E-state index < -0.39 is 23.7 Å². The van der Waals surface area contributed by atoms with Gasteiger partial charge in [0, 0.05) is 29.6 Å². The van der Waals surface area contributed by atoms with Gasteiger partial charge in [0.1, 0.15) is 12.3 Å². The first-order valence-electron chi connectivity index (χ1n) is 12.5. The summed E-state index contributed by atoms with van der Waals surface area (Å²) in [6.45, 7) is 4.10. The average molecular weight is 554 g/mol. The molecule has 8 nitrogen and oxygen atoms in total. The molecule has 2 aromatic carbocycles. The van der Waals surface area contributed by atoms with Crippen LogP contribution in [0.1, 0.15) is 44.2 Å². The summed E-state index contributed by atoms with van der Waals surface area (Å²) in [5.74, 6) is -0.364. The van der Waals surface area contributed by atoms with Crippen LogP contribution in [0.4, 0.5) is 5.69 Å². The second kappa shape index (κ2) is 9.90. The van der Waals surface area contributed by atoms with Gasteiger partial charge in [0.2, 0.25) is 11.8 Å². The Labute approximate surface area is 231 Å². The lowest BCUT2D eigenvalue weighted by Gasteiger charge is -2.35. The fraction of sp³-hybridized carbons (Fsp3) is 0.393. The second-order valence-corrected chi connectivity index (χ2v) is 11.4. The number of benzene rings is 2. The number of fused-ring (bicyclic) bond motifs is 3. The summed E-state index contributed by atoms with van der Waals surface area (Å²) < 4.78 is 0. The van der Waals surface area contributed by atoms with Crippen molar-refractivity contribution in [3.05, 3.63) is 63.8 Å². The lowest BCUT2D eigenvalue weighted by molar-refractivity contribution is -0.142. The highest BCUT2D eigenvalue weighted by atomic mass is 35.5. The second-order valence-electron chi connectivity index (χ2n) is 10.6. The van der Waals surface area contributed by atoms with Gasteiger partial charge < -0.3 is 20.3 Å². The minimum atomic E-state index is -1.16. The molecule has 1 unspecified atom stereocenters. The van der Waals surface area contributed by atoms with Crippen LogP contribution in [0.2, 0.25) is 10.0 Å². The van der Waals surface area contributed by atoms with Crippen LogP contribution < -0.4 is 5.32 Å². The van der Waals surface area contributed by atoms with Crippen LogP contribution in [-0.2, 0) is 15.0 Å². The number of carbonyl (C=O) groups excluding carboxylic acids is 2. The Hall–Kier alpha value is -3.09. The number of nitrogens with one attached hydrogen (secondary N) is 2. The van der Waals surface area contributed by atoms with Crippen molar-refractivity contribution in [1.29, 1.82) is 5.26 Å². The van der Waals surface area contributed by atoms with Crippen molar-refractivity contribution in [3.63, 3.8) is 0 Å². The highest BCUT2D eigenvalue weighted by molar-refractivity contribution is 6.45. The Morgan fingerprint density at radius 2 is 2.03 bits per heavy atom. The largest absolute Gasteiger partial charge is 0.373 e. The monoisotopic (exact) mass is 553 g/mol. The number of carbonyl (C=O) groups is 2. The van der Waals surface area contributed by atoms with Crippen molar-refractivity contribution in [1.82, 2.24) is 14.8 Å². The Morgan fingerprint density at radius 1 is 1.29 bits per heavy atom. The molecular formula is C28H29Cl2N5O3. The van der Waals surface area contributed by atoms with E-state index >= 15 is 0 Å². The summed E-state index contributed by atoms with van der Waals surface area (Å²) in [6, 6.07) is 13.3. The lowest BCUT2D eigenvalue weighted by atomic mass is 9.80.